The van der Waals surface area contributed by atoms with Crippen LogP contribution in [0.2, 0.25) is 0 Å². The zero-order valence-electron chi connectivity index (χ0n) is 15.3. The lowest BCUT2D eigenvalue weighted by molar-refractivity contribution is -0.385. The molecule has 1 saturated heterocycles. The lowest BCUT2D eigenvalue weighted by Gasteiger charge is -2.32. The van der Waals surface area contributed by atoms with E-state index in [0.717, 1.165) is 6.07 Å². The number of esters is 1. The van der Waals surface area contributed by atoms with E-state index in [9.17, 15) is 29.3 Å². The van der Waals surface area contributed by atoms with Gasteiger partial charge in [-0.3, -0.25) is 34.2 Å². The van der Waals surface area contributed by atoms with Crippen molar-refractivity contribution in [1.29, 1.82) is 0 Å². The maximum absolute atomic E-state index is 12.6. The van der Waals surface area contributed by atoms with Crippen LogP contribution in [-0.4, -0.2) is 64.7 Å². The molecule has 0 aliphatic carbocycles. The van der Waals surface area contributed by atoms with Gasteiger partial charge in [0, 0.05) is 19.2 Å². The average molecular weight is 389 g/mol. The van der Waals surface area contributed by atoms with Gasteiger partial charge in [0.15, 0.2) is 0 Å². The molecule has 1 aromatic carbocycles. The third-order valence-electron chi connectivity index (χ3n) is 4.86. The smallest absolute Gasteiger partial charge is 0.310 e. The second-order valence-corrected chi connectivity index (χ2v) is 6.58. The Labute approximate surface area is 160 Å². The second kappa shape index (κ2) is 7.75. The number of benzene rings is 1. The minimum absolute atomic E-state index is 0.0879. The Bertz CT molecular complexity index is 867. The molecule has 1 unspecified atom stereocenters. The Balaban J connectivity index is 1.73. The molecule has 2 aliphatic rings. The van der Waals surface area contributed by atoms with Crippen LogP contribution in [0.15, 0.2) is 18.2 Å². The van der Waals surface area contributed by atoms with Crippen molar-refractivity contribution in [3.8, 4) is 0 Å². The third kappa shape index (κ3) is 3.45. The number of hydrogen-bond acceptors (Lipinski definition) is 7. The number of nitro groups is 1. The third-order valence-corrected chi connectivity index (χ3v) is 4.86. The van der Waals surface area contributed by atoms with Crippen molar-refractivity contribution in [2.75, 3.05) is 26.2 Å². The zero-order valence-corrected chi connectivity index (χ0v) is 15.3. The Kier molecular flexibility index (Phi) is 5.39. The van der Waals surface area contributed by atoms with Crippen LogP contribution in [0.3, 0.4) is 0 Å². The van der Waals surface area contributed by atoms with Crippen LogP contribution in [0.5, 0.6) is 0 Å². The molecule has 3 rings (SSSR count). The summed E-state index contributed by atoms with van der Waals surface area (Å²) in [7, 11) is 0. The molecule has 1 fully saturated rings. The Hall–Kier alpha value is -3.30. The van der Waals surface area contributed by atoms with Crippen molar-refractivity contribution >= 4 is 29.4 Å². The molecule has 10 heteroatoms. The summed E-state index contributed by atoms with van der Waals surface area (Å²) in [5, 5.41) is 11.1. The highest BCUT2D eigenvalue weighted by Crippen LogP contribution is 2.30. The van der Waals surface area contributed by atoms with Gasteiger partial charge in [0.05, 0.1) is 23.0 Å². The van der Waals surface area contributed by atoms with E-state index in [2.05, 4.69) is 0 Å². The molecule has 0 aromatic heterocycles. The van der Waals surface area contributed by atoms with Gasteiger partial charge in [-0.15, -0.1) is 0 Å². The number of piperidine rings is 1. The van der Waals surface area contributed by atoms with Gasteiger partial charge >= 0.3 is 5.97 Å². The van der Waals surface area contributed by atoms with Crippen molar-refractivity contribution in [2.24, 2.45) is 5.92 Å². The Morgan fingerprint density at radius 1 is 1.29 bits per heavy atom. The molecule has 2 aliphatic heterocycles. The Morgan fingerprint density at radius 2 is 2.04 bits per heavy atom. The van der Waals surface area contributed by atoms with Crippen LogP contribution in [-0.2, 0) is 14.3 Å². The van der Waals surface area contributed by atoms with E-state index in [1.165, 1.54) is 17.0 Å². The number of carbonyl (C=O) groups excluding carboxylic acids is 4. The fourth-order valence-electron chi connectivity index (χ4n) is 3.50. The summed E-state index contributed by atoms with van der Waals surface area (Å²) >= 11 is 0. The molecule has 0 saturated carbocycles. The number of nitrogens with zero attached hydrogens (tertiary/aromatic N) is 3. The van der Waals surface area contributed by atoms with Crippen LogP contribution in [0, 0.1) is 16.0 Å². The predicted octanol–water partition coefficient (Wildman–Crippen LogP) is 0.992. The molecule has 28 heavy (non-hydrogen) atoms. The zero-order chi connectivity index (χ0) is 20.4. The number of carbonyl (C=O) groups is 4. The number of imide groups is 1. The van der Waals surface area contributed by atoms with Gasteiger partial charge in [0.1, 0.15) is 12.1 Å². The summed E-state index contributed by atoms with van der Waals surface area (Å²) in [5.41, 5.74) is -0.852. The first-order chi connectivity index (χ1) is 13.3. The van der Waals surface area contributed by atoms with Gasteiger partial charge < -0.3 is 9.64 Å². The molecular weight excluding hydrogens is 370 g/mol. The molecule has 0 bridgehead atoms. The van der Waals surface area contributed by atoms with E-state index in [-0.39, 0.29) is 30.2 Å². The number of ether oxygens (including phenoxy) is 1. The maximum atomic E-state index is 12.6. The molecule has 1 aromatic rings. The first-order valence-electron chi connectivity index (χ1n) is 8.93. The minimum Gasteiger partial charge on any atom is -0.466 e. The summed E-state index contributed by atoms with van der Waals surface area (Å²) in [4.78, 5) is 62.2. The summed E-state index contributed by atoms with van der Waals surface area (Å²) in [5.74, 6) is -2.92. The van der Waals surface area contributed by atoms with E-state index in [4.69, 9.17) is 4.74 Å². The molecule has 3 amide bonds. The summed E-state index contributed by atoms with van der Waals surface area (Å²) in [6, 6.07) is 3.79. The molecule has 0 N–H and O–H groups in total. The van der Waals surface area contributed by atoms with E-state index in [1.54, 1.807) is 6.92 Å². The number of amides is 3. The van der Waals surface area contributed by atoms with Crippen LogP contribution in [0.1, 0.15) is 40.5 Å². The standard InChI is InChI=1S/C18H19N3O7/c1-2-28-18(25)11-5-4-8-19(9-11)14(22)10-20-16(23)12-6-3-7-13(21(26)27)15(12)17(20)24/h3,6-7,11H,2,4-5,8-10H2,1H3. The highest BCUT2D eigenvalue weighted by atomic mass is 16.6. The first kappa shape index (κ1) is 19.5. The summed E-state index contributed by atoms with van der Waals surface area (Å²) in [6.45, 7) is 1.97. The van der Waals surface area contributed by atoms with Crippen molar-refractivity contribution < 1.29 is 28.8 Å². The highest BCUT2D eigenvalue weighted by Gasteiger charge is 2.42. The molecular formula is C18H19N3O7. The normalized spacial score (nSPS) is 18.8. The first-order valence-corrected chi connectivity index (χ1v) is 8.93. The molecule has 10 nitrogen and oxygen atoms in total. The van der Waals surface area contributed by atoms with Crippen LogP contribution in [0.4, 0.5) is 5.69 Å². The van der Waals surface area contributed by atoms with Crippen LogP contribution >= 0.6 is 0 Å². The second-order valence-electron chi connectivity index (χ2n) is 6.58. The maximum Gasteiger partial charge on any atom is 0.310 e. The monoisotopic (exact) mass is 389 g/mol. The van der Waals surface area contributed by atoms with Gasteiger partial charge in [-0.2, -0.15) is 0 Å². The van der Waals surface area contributed by atoms with E-state index in [0.29, 0.717) is 24.3 Å². The van der Waals surface area contributed by atoms with Gasteiger partial charge in [0.2, 0.25) is 5.91 Å². The van der Waals surface area contributed by atoms with Gasteiger partial charge in [0.25, 0.3) is 17.5 Å². The SMILES string of the molecule is CCOC(=O)C1CCCN(C(=O)CN2C(=O)c3cccc([N+](=O)[O-])c3C2=O)C1. The number of nitro benzene ring substituents is 1. The number of hydrogen-bond donors (Lipinski definition) is 0. The van der Waals surface area contributed by atoms with Gasteiger partial charge in [-0.1, -0.05) is 6.07 Å². The van der Waals surface area contributed by atoms with Crippen molar-refractivity contribution in [2.45, 2.75) is 19.8 Å². The average Bonchev–Trinajstić information content (AvgIpc) is 2.93. The molecule has 1 atom stereocenters. The van der Waals surface area contributed by atoms with E-state index >= 15 is 0 Å². The molecule has 0 spiro atoms. The molecule has 0 radical (unpaired) electrons. The van der Waals surface area contributed by atoms with Crippen molar-refractivity contribution in [3.63, 3.8) is 0 Å². The van der Waals surface area contributed by atoms with Crippen molar-refractivity contribution in [1.82, 2.24) is 9.80 Å². The quantitative estimate of drug-likeness (QED) is 0.318. The fourth-order valence-corrected chi connectivity index (χ4v) is 3.50. The topological polar surface area (TPSA) is 127 Å². The highest BCUT2D eigenvalue weighted by molar-refractivity contribution is 6.24. The van der Waals surface area contributed by atoms with Crippen LogP contribution in [0.25, 0.3) is 0 Å². The number of rotatable bonds is 5. The lowest BCUT2D eigenvalue weighted by Crippen LogP contribution is -2.48. The fraction of sp³-hybridized carbons (Fsp3) is 0.444. The lowest BCUT2D eigenvalue weighted by atomic mass is 9.98. The largest absolute Gasteiger partial charge is 0.466 e. The minimum atomic E-state index is -0.861. The Morgan fingerprint density at radius 3 is 2.71 bits per heavy atom. The summed E-state index contributed by atoms with van der Waals surface area (Å²) < 4.78 is 5.00. The predicted molar refractivity (Wildman–Crippen MR) is 94.4 cm³/mol. The van der Waals surface area contributed by atoms with E-state index in [1.807, 2.05) is 0 Å². The van der Waals surface area contributed by atoms with Gasteiger partial charge in [-0.25, -0.2) is 0 Å². The number of likely N-dealkylation sites (tertiary alicyclic amines) is 1. The van der Waals surface area contributed by atoms with Gasteiger partial charge in [-0.05, 0) is 25.8 Å². The summed E-state index contributed by atoms with van der Waals surface area (Å²) in [6.07, 6.45) is 1.20. The van der Waals surface area contributed by atoms with Crippen molar-refractivity contribution in [3.05, 3.63) is 39.4 Å². The van der Waals surface area contributed by atoms with E-state index < -0.39 is 40.8 Å². The molecule has 2 heterocycles. The van der Waals surface area contributed by atoms with Crippen LogP contribution < -0.4 is 0 Å². The molecule has 148 valence electrons. The number of fused-ring (bicyclic) bond motifs is 1.